The van der Waals surface area contributed by atoms with Crippen LogP contribution in [-0.2, 0) is 16.1 Å². The summed E-state index contributed by atoms with van der Waals surface area (Å²) in [6.45, 7) is 6.90. The molecule has 1 unspecified atom stereocenters. The number of hydrogen-bond donors (Lipinski definition) is 0. The lowest BCUT2D eigenvalue weighted by Crippen LogP contribution is -2.17. The van der Waals surface area contributed by atoms with Crippen LogP contribution in [0.2, 0.25) is 5.02 Å². The van der Waals surface area contributed by atoms with Gasteiger partial charge in [-0.1, -0.05) is 18.5 Å². The maximum Gasteiger partial charge on any atom is 0.316 e. The number of aromatic nitrogens is 2. The molecule has 0 bridgehead atoms. The zero-order valence-electron chi connectivity index (χ0n) is 12.0. The molecule has 1 heterocycles. The highest BCUT2D eigenvalue weighted by Crippen LogP contribution is 2.25. The number of ether oxygens (including phenoxy) is 1. The van der Waals surface area contributed by atoms with Crippen LogP contribution in [0, 0.1) is 0 Å². The number of fused-ring (bicyclic) bond motifs is 1. The Morgan fingerprint density at radius 2 is 2.20 bits per heavy atom. The van der Waals surface area contributed by atoms with Crippen molar-refractivity contribution in [2.45, 2.75) is 39.7 Å². The Balaban J connectivity index is 2.51. The third-order valence-electron chi connectivity index (χ3n) is 3.21. The first-order valence-corrected chi connectivity index (χ1v) is 7.28. The number of nitrogens with zero attached hydrogens (tertiary/aromatic N) is 2. The summed E-state index contributed by atoms with van der Waals surface area (Å²) in [6, 6.07) is 5.58. The van der Waals surface area contributed by atoms with E-state index in [4.69, 9.17) is 16.3 Å². The third kappa shape index (κ3) is 2.80. The first-order chi connectivity index (χ1) is 9.58. The van der Waals surface area contributed by atoms with E-state index in [2.05, 4.69) is 16.5 Å². The molecule has 0 amide bonds. The molecule has 2 aromatic rings. The minimum Gasteiger partial charge on any atom is -0.465 e. The fraction of sp³-hybridized carbons (Fsp3) is 0.467. The molecule has 0 fully saturated rings. The topological polar surface area (TPSA) is 44.1 Å². The van der Waals surface area contributed by atoms with Gasteiger partial charge < -0.3 is 9.30 Å². The molecule has 1 aromatic heterocycles. The number of halogens is 1. The van der Waals surface area contributed by atoms with Crippen molar-refractivity contribution < 1.29 is 9.53 Å². The van der Waals surface area contributed by atoms with Gasteiger partial charge in [0.15, 0.2) is 0 Å². The van der Waals surface area contributed by atoms with Crippen LogP contribution in [0.5, 0.6) is 0 Å². The summed E-state index contributed by atoms with van der Waals surface area (Å²) < 4.78 is 7.15. The summed E-state index contributed by atoms with van der Waals surface area (Å²) in [4.78, 5) is 16.5. The molecule has 0 N–H and O–H groups in total. The van der Waals surface area contributed by atoms with Crippen LogP contribution < -0.4 is 0 Å². The summed E-state index contributed by atoms with van der Waals surface area (Å²) in [6.07, 6.45) is 0.959. The number of imidazole rings is 1. The summed E-state index contributed by atoms with van der Waals surface area (Å²) in [5, 5.41) is 0.671. The van der Waals surface area contributed by atoms with E-state index in [0.717, 1.165) is 29.8 Å². The summed E-state index contributed by atoms with van der Waals surface area (Å²) in [5.74, 6) is 0.112. The van der Waals surface area contributed by atoms with Crippen molar-refractivity contribution in [3.8, 4) is 0 Å². The van der Waals surface area contributed by atoms with Gasteiger partial charge in [-0.25, -0.2) is 4.98 Å². The molecule has 1 atom stereocenters. The smallest absolute Gasteiger partial charge is 0.316 e. The molecule has 0 radical (unpaired) electrons. The monoisotopic (exact) mass is 294 g/mol. The van der Waals surface area contributed by atoms with E-state index in [1.54, 1.807) is 6.92 Å². The average molecular weight is 295 g/mol. The van der Waals surface area contributed by atoms with Crippen molar-refractivity contribution in [2.24, 2.45) is 0 Å². The number of aryl methyl sites for hydroxylation is 1. The van der Waals surface area contributed by atoms with Gasteiger partial charge in [0, 0.05) is 11.6 Å². The molecule has 4 nitrogen and oxygen atoms in total. The Morgan fingerprint density at radius 1 is 1.45 bits per heavy atom. The number of rotatable bonds is 5. The van der Waals surface area contributed by atoms with Crippen molar-refractivity contribution in [3.63, 3.8) is 0 Å². The van der Waals surface area contributed by atoms with Gasteiger partial charge in [0.05, 0.1) is 17.6 Å². The average Bonchev–Trinajstić information content (AvgIpc) is 2.77. The maximum atomic E-state index is 11.9. The maximum absolute atomic E-state index is 11.9. The molecule has 0 saturated carbocycles. The fourth-order valence-corrected chi connectivity index (χ4v) is 2.44. The van der Waals surface area contributed by atoms with Crippen LogP contribution in [-0.4, -0.2) is 22.1 Å². The van der Waals surface area contributed by atoms with Crippen molar-refractivity contribution in [1.82, 2.24) is 9.55 Å². The van der Waals surface area contributed by atoms with Crippen LogP contribution in [0.4, 0.5) is 0 Å². The third-order valence-corrected chi connectivity index (χ3v) is 3.45. The van der Waals surface area contributed by atoms with Crippen molar-refractivity contribution in [3.05, 3.63) is 29.0 Å². The van der Waals surface area contributed by atoms with Crippen molar-refractivity contribution in [2.75, 3.05) is 6.61 Å². The number of carbonyl (C=O) groups is 1. The quantitative estimate of drug-likeness (QED) is 0.789. The van der Waals surface area contributed by atoms with E-state index in [1.165, 1.54) is 0 Å². The van der Waals surface area contributed by atoms with Gasteiger partial charge >= 0.3 is 5.97 Å². The van der Waals surface area contributed by atoms with Crippen molar-refractivity contribution >= 4 is 28.6 Å². The number of hydrogen-bond acceptors (Lipinski definition) is 3. The number of benzene rings is 1. The molecule has 2 rings (SSSR count). The SMILES string of the molecule is CCCn1c(C(C)C(=O)OCC)nc2ccc(Cl)cc21. The predicted octanol–water partition coefficient (Wildman–Crippen LogP) is 3.77. The zero-order chi connectivity index (χ0) is 14.7. The van der Waals surface area contributed by atoms with Crippen LogP contribution in [0.15, 0.2) is 18.2 Å². The van der Waals surface area contributed by atoms with Gasteiger partial charge in [-0.15, -0.1) is 0 Å². The van der Waals surface area contributed by atoms with Crippen LogP contribution in [0.1, 0.15) is 38.9 Å². The molecular formula is C15H19ClN2O2. The predicted molar refractivity (Wildman–Crippen MR) is 80.1 cm³/mol. The highest BCUT2D eigenvalue weighted by atomic mass is 35.5. The second-order valence-corrected chi connectivity index (χ2v) is 5.16. The van der Waals surface area contributed by atoms with E-state index >= 15 is 0 Å². The molecule has 0 saturated heterocycles. The second-order valence-electron chi connectivity index (χ2n) is 4.73. The first kappa shape index (κ1) is 14.9. The minimum atomic E-state index is -0.382. The second kappa shape index (κ2) is 6.27. The van der Waals surface area contributed by atoms with Crippen LogP contribution in [0.3, 0.4) is 0 Å². The Labute approximate surface area is 123 Å². The van der Waals surface area contributed by atoms with Gasteiger partial charge in [0.25, 0.3) is 0 Å². The first-order valence-electron chi connectivity index (χ1n) is 6.90. The number of carbonyl (C=O) groups excluding carboxylic acids is 1. The van der Waals surface area contributed by atoms with E-state index in [9.17, 15) is 4.79 Å². The highest BCUT2D eigenvalue weighted by molar-refractivity contribution is 6.31. The van der Waals surface area contributed by atoms with Crippen molar-refractivity contribution in [1.29, 1.82) is 0 Å². The highest BCUT2D eigenvalue weighted by Gasteiger charge is 2.23. The van der Waals surface area contributed by atoms with E-state index in [-0.39, 0.29) is 11.9 Å². The van der Waals surface area contributed by atoms with Crippen LogP contribution in [0.25, 0.3) is 11.0 Å². The lowest BCUT2D eigenvalue weighted by atomic mass is 10.1. The lowest BCUT2D eigenvalue weighted by Gasteiger charge is -2.13. The zero-order valence-corrected chi connectivity index (χ0v) is 12.8. The lowest BCUT2D eigenvalue weighted by molar-refractivity contribution is -0.144. The largest absolute Gasteiger partial charge is 0.465 e. The molecule has 0 aliphatic heterocycles. The summed E-state index contributed by atoms with van der Waals surface area (Å²) >= 11 is 6.06. The van der Waals surface area contributed by atoms with Gasteiger partial charge in [-0.05, 0) is 38.5 Å². The molecule has 0 aliphatic rings. The van der Waals surface area contributed by atoms with Gasteiger partial charge in [0.2, 0.25) is 0 Å². The summed E-state index contributed by atoms with van der Waals surface area (Å²) in [7, 11) is 0. The molecule has 108 valence electrons. The van der Waals surface area contributed by atoms with E-state index < -0.39 is 0 Å². The molecule has 5 heteroatoms. The Morgan fingerprint density at radius 3 is 2.85 bits per heavy atom. The van der Waals surface area contributed by atoms with Gasteiger partial charge in [-0.3, -0.25) is 4.79 Å². The molecule has 0 aliphatic carbocycles. The van der Waals surface area contributed by atoms with Gasteiger partial charge in [-0.2, -0.15) is 0 Å². The fourth-order valence-electron chi connectivity index (χ4n) is 2.28. The minimum absolute atomic E-state index is 0.244. The molecule has 20 heavy (non-hydrogen) atoms. The Hall–Kier alpha value is -1.55. The molecular weight excluding hydrogens is 276 g/mol. The number of esters is 1. The normalized spacial score (nSPS) is 12.6. The standard InChI is InChI=1S/C15H19ClN2O2/c1-4-8-18-13-9-11(16)6-7-12(13)17-14(18)10(3)15(19)20-5-2/h6-7,9-10H,4-5,8H2,1-3H3. The Kier molecular flexibility index (Phi) is 4.65. The van der Waals surface area contributed by atoms with E-state index in [1.807, 2.05) is 25.1 Å². The molecule has 0 spiro atoms. The van der Waals surface area contributed by atoms with E-state index in [0.29, 0.717) is 11.6 Å². The molecule has 1 aromatic carbocycles. The van der Waals surface area contributed by atoms with Crippen LogP contribution >= 0.6 is 11.6 Å². The van der Waals surface area contributed by atoms with Gasteiger partial charge in [0.1, 0.15) is 11.7 Å². The Bertz CT molecular complexity index is 622. The summed E-state index contributed by atoms with van der Waals surface area (Å²) in [5.41, 5.74) is 1.82.